The molecule has 0 spiro atoms. The molecule has 0 N–H and O–H groups in total. The minimum Gasteiger partial charge on any atom is -0.340 e. The maximum absolute atomic E-state index is 3.67. The summed E-state index contributed by atoms with van der Waals surface area (Å²) >= 11 is 7.34. The summed E-state index contributed by atoms with van der Waals surface area (Å²) in [4.78, 5) is 0. The van der Waals surface area contributed by atoms with E-state index >= 15 is 0 Å². The zero-order chi connectivity index (χ0) is 24.7. The Morgan fingerprint density at radius 3 is 1.20 bits per heavy atom. The van der Waals surface area contributed by atoms with Crippen molar-refractivity contribution in [1.29, 1.82) is 0 Å². The number of hydrogen-bond acceptors (Lipinski definition) is 0. The Labute approximate surface area is 231 Å². The van der Waals surface area contributed by atoms with Gasteiger partial charge < -0.3 is 4.57 Å². The Bertz CT molecular complexity index is 931. The standard InChI is InChI=1S/C32H47Br2N/c1-2-3-4-5-6-7-8-9-10-11-12-13-14-15-16-17-18-19-24-35-31-25-27(33)20-22-29(31)30-23-21-28(34)26-32(30)35/h20-23,25-26H,2-19,24H2,1H3. The number of aromatic nitrogens is 1. The van der Waals surface area contributed by atoms with Crippen LogP contribution in [0.1, 0.15) is 122 Å². The number of nitrogens with zero attached hydrogens (tertiary/aromatic N) is 1. The van der Waals surface area contributed by atoms with Crippen LogP contribution < -0.4 is 0 Å². The van der Waals surface area contributed by atoms with E-state index in [-0.39, 0.29) is 0 Å². The Hall–Kier alpha value is -0.800. The van der Waals surface area contributed by atoms with Gasteiger partial charge >= 0.3 is 0 Å². The summed E-state index contributed by atoms with van der Waals surface area (Å²) in [6.45, 7) is 3.40. The summed E-state index contributed by atoms with van der Waals surface area (Å²) in [6, 6.07) is 13.4. The zero-order valence-corrected chi connectivity index (χ0v) is 25.3. The third-order valence-electron chi connectivity index (χ3n) is 7.53. The van der Waals surface area contributed by atoms with Crippen LogP contribution in [0.4, 0.5) is 0 Å². The molecule has 0 saturated heterocycles. The lowest BCUT2D eigenvalue weighted by Gasteiger charge is -2.08. The van der Waals surface area contributed by atoms with E-state index in [0.29, 0.717) is 0 Å². The van der Waals surface area contributed by atoms with Crippen molar-refractivity contribution in [3.05, 3.63) is 45.3 Å². The predicted molar refractivity (Wildman–Crippen MR) is 164 cm³/mol. The van der Waals surface area contributed by atoms with E-state index in [2.05, 4.69) is 79.7 Å². The summed E-state index contributed by atoms with van der Waals surface area (Å²) in [6.07, 6.45) is 25.6. The fraction of sp³-hybridized carbons (Fsp3) is 0.625. The number of hydrogen-bond donors (Lipinski definition) is 0. The second kappa shape index (κ2) is 16.8. The first-order valence-corrected chi connectivity index (χ1v) is 16.2. The summed E-state index contributed by atoms with van der Waals surface area (Å²) in [5, 5.41) is 2.72. The van der Waals surface area contributed by atoms with Crippen molar-refractivity contribution in [1.82, 2.24) is 4.57 Å². The van der Waals surface area contributed by atoms with Gasteiger partial charge in [0.15, 0.2) is 0 Å². The van der Waals surface area contributed by atoms with Gasteiger partial charge in [0.05, 0.1) is 11.0 Å². The number of benzene rings is 2. The van der Waals surface area contributed by atoms with E-state index in [4.69, 9.17) is 0 Å². The lowest BCUT2D eigenvalue weighted by Crippen LogP contribution is -1.98. The molecule has 194 valence electrons. The van der Waals surface area contributed by atoms with Crippen LogP contribution in [-0.2, 0) is 6.54 Å². The molecule has 3 aromatic rings. The molecule has 0 fully saturated rings. The fourth-order valence-corrected chi connectivity index (χ4v) is 6.15. The maximum Gasteiger partial charge on any atom is 0.0502 e. The molecule has 0 unspecified atom stereocenters. The van der Waals surface area contributed by atoms with Gasteiger partial charge in [-0.2, -0.15) is 0 Å². The van der Waals surface area contributed by atoms with Crippen LogP contribution in [0.25, 0.3) is 21.8 Å². The van der Waals surface area contributed by atoms with Gasteiger partial charge in [-0.05, 0) is 30.7 Å². The van der Waals surface area contributed by atoms with Crippen LogP contribution >= 0.6 is 31.9 Å². The fourth-order valence-electron chi connectivity index (χ4n) is 5.45. The van der Waals surface area contributed by atoms with Gasteiger partial charge in [0, 0.05) is 26.3 Å². The van der Waals surface area contributed by atoms with Gasteiger partial charge in [-0.25, -0.2) is 0 Å². The molecule has 1 aromatic heterocycles. The van der Waals surface area contributed by atoms with Gasteiger partial charge in [0.25, 0.3) is 0 Å². The molecule has 3 heteroatoms. The lowest BCUT2D eigenvalue weighted by atomic mass is 10.0. The van der Waals surface area contributed by atoms with Crippen LogP contribution in [0.2, 0.25) is 0 Å². The van der Waals surface area contributed by atoms with Crippen molar-refractivity contribution < 1.29 is 0 Å². The van der Waals surface area contributed by atoms with Crippen LogP contribution in [0.15, 0.2) is 45.3 Å². The van der Waals surface area contributed by atoms with E-state index < -0.39 is 0 Å². The zero-order valence-electron chi connectivity index (χ0n) is 22.1. The highest BCUT2D eigenvalue weighted by atomic mass is 79.9. The van der Waals surface area contributed by atoms with Crippen molar-refractivity contribution >= 4 is 53.7 Å². The second-order valence-corrected chi connectivity index (χ2v) is 12.3. The Morgan fingerprint density at radius 2 is 0.829 bits per heavy atom. The van der Waals surface area contributed by atoms with E-state index in [0.717, 1.165) is 15.5 Å². The summed E-state index contributed by atoms with van der Waals surface area (Å²) in [7, 11) is 0. The molecule has 2 aromatic carbocycles. The monoisotopic (exact) mass is 603 g/mol. The third-order valence-corrected chi connectivity index (χ3v) is 8.51. The minimum atomic E-state index is 1.10. The third kappa shape index (κ3) is 9.88. The first-order chi connectivity index (χ1) is 17.2. The number of halogens is 2. The van der Waals surface area contributed by atoms with Gasteiger partial charge in [-0.15, -0.1) is 0 Å². The molecule has 0 aliphatic carbocycles. The molecule has 1 heterocycles. The summed E-state index contributed by atoms with van der Waals surface area (Å²) in [5.74, 6) is 0. The Morgan fingerprint density at radius 1 is 0.486 bits per heavy atom. The van der Waals surface area contributed by atoms with Crippen LogP contribution in [0.5, 0.6) is 0 Å². The molecule has 0 aliphatic heterocycles. The molecule has 0 saturated carbocycles. The SMILES string of the molecule is CCCCCCCCCCCCCCCCCCCCn1c2cc(Br)ccc2c2ccc(Br)cc21. The Kier molecular flexibility index (Phi) is 13.8. The molecule has 0 radical (unpaired) electrons. The molecular formula is C32H47Br2N. The lowest BCUT2D eigenvalue weighted by molar-refractivity contribution is 0.521. The number of unbranched alkanes of at least 4 members (excludes halogenated alkanes) is 17. The molecule has 35 heavy (non-hydrogen) atoms. The molecular weight excluding hydrogens is 558 g/mol. The molecule has 3 rings (SSSR count). The second-order valence-electron chi connectivity index (χ2n) is 10.5. The largest absolute Gasteiger partial charge is 0.340 e. The predicted octanol–water partition coefficient (Wildman–Crippen LogP) is 12.4. The molecule has 0 aliphatic rings. The van der Waals surface area contributed by atoms with Crippen molar-refractivity contribution in [3.8, 4) is 0 Å². The van der Waals surface area contributed by atoms with Crippen LogP contribution in [0, 0.1) is 0 Å². The smallest absolute Gasteiger partial charge is 0.0502 e. The Balaban J connectivity index is 1.22. The molecule has 0 bridgehead atoms. The number of fused-ring (bicyclic) bond motifs is 3. The summed E-state index contributed by atoms with van der Waals surface area (Å²) in [5.41, 5.74) is 2.69. The highest BCUT2D eigenvalue weighted by Crippen LogP contribution is 2.33. The quantitative estimate of drug-likeness (QED) is 0.120. The average molecular weight is 606 g/mol. The van der Waals surface area contributed by atoms with E-state index in [1.165, 1.54) is 137 Å². The van der Waals surface area contributed by atoms with Crippen molar-refractivity contribution in [3.63, 3.8) is 0 Å². The van der Waals surface area contributed by atoms with Crippen molar-refractivity contribution in [2.45, 2.75) is 129 Å². The topological polar surface area (TPSA) is 4.93 Å². The molecule has 0 atom stereocenters. The van der Waals surface area contributed by atoms with Gasteiger partial charge in [-0.3, -0.25) is 0 Å². The first kappa shape index (κ1) is 28.8. The maximum atomic E-state index is 3.67. The van der Waals surface area contributed by atoms with E-state index in [9.17, 15) is 0 Å². The van der Waals surface area contributed by atoms with Gasteiger partial charge in [0.1, 0.15) is 0 Å². The molecule has 0 amide bonds. The van der Waals surface area contributed by atoms with Crippen molar-refractivity contribution in [2.75, 3.05) is 0 Å². The summed E-state index contributed by atoms with van der Waals surface area (Å²) < 4.78 is 4.84. The van der Waals surface area contributed by atoms with Gasteiger partial charge in [0.2, 0.25) is 0 Å². The highest BCUT2D eigenvalue weighted by molar-refractivity contribution is 9.10. The molecule has 1 nitrogen and oxygen atoms in total. The van der Waals surface area contributed by atoms with Crippen LogP contribution in [-0.4, -0.2) is 4.57 Å². The van der Waals surface area contributed by atoms with Crippen LogP contribution in [0.3, 0.4) is 0 Å². The normalized spacial score (nSPS) is 11.7. The average Bonchev–Trinajstić information content (AvgIpc) is 3.15. The highest BCUT2D eigenvalue weighted by Gasteiger charge is 2.11. The number of aryl methyl sites for hydroxylation is 1. The van der Waals surface area contributed by atoms with E-state index in [1.807, 2.05) is 0 Å². The first-order valence-electron chi connectivity index (χ1n) is 14.6. The van der Waals surface area contributed by atoms with E-state index in [1.54, 1.807) is 0 Å². The van der Waals surface area contributed by atoms with Crippen molar-refractivity contribution in [2.24, 2.45) is 0 Å². The minimum absolute atomic E-state index is 1.10. The van der Waals surface area contributed by atoms with Gasteiger partial charge in [-0.1, -0.05) is 160 Å². The number of rotatable bonds is 19.